The highest BCUT2D eigenvalue weighted by Gasteiger charge is 2.38. The molecule has 1 atom stereocenters. The summed E-state index contributed by atoms with van der Waals surface area (Å²) in [6, 6.07) is 1.62. The summed E-state index contributed by atoms with van der Waals surface area (Å²) in [5.41, 5.74) is 0.300. The Balaban J connectivity index is 2.07. The summed E-state index contributed by atoms with van der Waals surface area (Å²) in [5.74, 6) is 0.768. The van der Waals surface area contributed by atoms with Gasteiger partial charge in [0.25, 0.3) is 0 Å². The molecule has 1 N–H and O–H groups in total. The molecule has 1 saturated carbocycles. The lowest BCUT2D eigenvalue weighted by Crippen LogP contribution is -2.64. The van der Waals surface area contributed by atoms with Crippen LogP contribution in [0.5, 0.6) is 0 Å². The lowest BCUT2D eigenvalue weighted by molar-refractivity contribution is 0.0337. The zero-order chi connectivity index (χ0) is 11.8. The van der Waals surface area contributed by atoms with Gasteiger partial charge in [0.15, 0.2) is 0 Å². The maximum absolute atomic E-state index is 3.70. The largest absolute Gasteiger partial charge is 0.309 e. The van der Waals surface area contributed by atoms with Crippen molar-refractivity contribution in [3.63, 3.8) is 0 Å². The van der Waals surface area contributed by atoms with Crippen LogP contribution in [0.4, 0.5) is 0 Å². The van der Waals surface area contributed by atoms with Gasteiger partial charge in [0, 0.05) is 30.7 Å². The molecule has 2 heteroatoms. The quantitative estimate of drug-likeness (QED) is 0.776. The van der Waals surface area contributed by atoms with Gasteiger partial charge >= 0.3 is 0 Å². The van der Waals surface area contributed by atoms with E-state index in [0.717, 1.165) is 18.0 Å². The van der Waals surface area contributed by atoms with Gasteiger partial charge in [-0.3, -0.25) is 4.90 Å². The Labute approximate surface area is 101 Å². The van der Waals surface area contributed by atoms with E-state index in [2.05, 4.69) is 37.9 Å². The van der Waals surface area contributed by atoms with Gasteiger partial charge < -0.3 is 5.32 Å². The lowest BCUT2D eigenvalue weighted by Gasteiger charge is -2.49. The Morgan fingerprint density at radius 1 is 1.19 bits per heavy atom. The van der Waals surface area contributed by atoms with Crippen LogP contribution in [0.3, 0.4) is 0 Å². The predicted molar refractivity (Wildman–Crippen MR) is 69.7 cm³/mol. The summed E-state index contributed by atoms with van der Waals surface area (Å²) < 4.78 is 0. The third-order valence-corrected chi connectivity index (χ3v) is 4.36. The number of hydrogen-bond acceptors (Lipinski definition) is 2. The van der Waals surface area contributed by atoms with Crippen molar-refractivity contribution in [1.29, 1.82) is 0 Å². The van der Waals surface area contributed by atoms with Gasteiger partial charge in [-0.2, -0.15) is 0 Å². The van der Waals surface area contributed by atoms with Crippen molar-refractivity contribution in [2.24, 2.45) is 5.92 Å². The van der Waals surface area contributed by atoms with E-state index in [1.54, 1.807) is 0 Å². The molecule has 0 aromatic heterocycles. The molecule has 1 unspecified atom stereocenters. The molecule has 2 aliphatic rings. The first kappa shape index (κ1) is 12.4. The minimum absolute atomic E-state index is 0.300. The Morgan fingerprint density at radius 2 is 1.81 bits per heavy atom. The van der Waals surface area contributed by atoms with Crippen LogP contribution in [0.1, 0.15) is 53.4 Å². The van der Waals surface area contributed by atoms with Gasteiger partial charge in [0.1, 0.15) is 0 Å². The highest BCUT2D eigenvalue weighted by atomic mass is 15.3. The van der Waals surface area contributed by atoms with Crippen LogP contribution >= 0.6 is 0 Å². The van der Waals surface area contributed by atoms with Crippen LogP contribution in [0.15, 0.2) is 0 Å². The summed E-state index contributed by atoms with van der Waals surface area (Å²) in [4.78, 5) is 2.81. The Bertz CT molecular complexity index is 229. The second kappa shape index (κ2) is 4.66. The normalized spacial score (nSPS) is 32.4. The van der Waals surface area contributed by atoms with E-state index in [1.165, 1.54) is 38.8 Å². The summed E-state index contributed by atoms with van der Waals surface area (Å²) in [6.07, 6.45) is 5.75. The molecule has 1 heterocycles. The molecule has 94 valence electrons. The van der Waals surface area contributed by atoms with E-state index < -0.39 is 0 Å². The Morgan fingerprint density at radius 3 is 2.38 bits per heavy atom. The molecule has 1 aliphatic carbocycles. The van der Waals surface area contributed by atoms with Crippen molar-refractivity contribution in [2.75, 3.05) is 13.1 Å². The first-order valence-corrected chi connectivity index (χ1v) is 7.00. The van der Waals surface area contributed by atoms with E-state index in [-0.39, 0.29) is 0 Å². The van der Waals surface area contributed by atoms with Gasteiger partial charge in [-0.05, 0) is 32.6 Å². The molecule has 0 amide bonds. The van der Waals surface area contributed by atoms with E-state index in [0.29, 0.717) is 5.54 Å². The highest BCUT2D eigenvalue weighted by molar-refractivity contribution is 4.96. The molecule has 0 radical (unpaired) electrons. The maximum atomic E-state index is 3.70. The van der Waals surface area contributed by atoms with Crippen LogP contribution in [0.25, 0.3) is 0 Å². The van der Waals surface area contributed by atoms with E-state index in [1.807, 2.05) is 0 Å². The molecule has 0 spiro atoms. The minimum atomic E-state index is 0.300. The summed E-state index contributed by atoms with van der Waals surface area (Å²) in [7, 11) is 0. The first-order valence-electron chi connectivity index (χ1n) is 7.00. The molecule has 2 fully saturated rings. The third-order valence-electron chi connectivity index (χ3n) is 4.36. The SMILES string of the molecule is CC(C)C1CNC(C)(C)CN1C1CCCC1. The fourth-order valence-corrected chi connectivity index (χ4v) is 3.38. The summed E-state index contributed by atoms with van der Waals surface area (Å²) in [6.45, 7) is 11.8. The zero-order valence-electron chi connectivity index (χ0n) is 11.4. The minimum Gasteiger partial charge on any atom is -0.309 e. The number of piperazine rings is 1. The lowest BCUT2D eigenvalue weighted by atomic mass is 9.91. The van der Waals surface area contributed by atoms with Crippen LogP contribution in [0, 0.1) is 5.92 Å². The van der Waals surface area contributed by atoms with Crippen molar-refractivity contribution >= 4 is 0 Å². The average molecular weight is 224 g/mol. The molecule has 16 heavy (non-hydrogen) atoms. The highest BCUT2D eigenvalue weighted by Crippen LogP contribution is 2.30. The maximum Gasteiger partial charge on any atom is 0.0253 e. The van der Waals surface area contributed by atoms with E-state index >= 15 is 0 Å². The molecule has 2 nitrogen and oxygen atoms in total. The second-order valence-corrected chi connectivity index (χ2v) is 6.69. The molecule has 1 saturated heterocycles. The van der Waals surface area contributed by atoms with Gasteiger partial charge in [-0.15, -0.1) is 0 Å². The smallest absolute Gasteiger partial charge is 0.0253 e. The molecular formula is C14H28N2. The predicted octanol–water partition coefficient (Wildman–Crippen LogP) is 2.64. The molecule has 2 rings (SSSR count). The first-order chi connectivity index (χ1) is 7.49. The van der Waals surface area contributed by atoms with Gasteiger partial charge in [-0.25, -0.2) is 0 Å². The van der Waals surface area contributed by atoms with Gasteiger partial charge in [0.2, 0.25) is 0 Å². The van der Waals surface area contributed by atoms with Crippen LogP contribution in [-0.4, -0.2) is 35.6 Å². The third kappa shape index (κ3) is 2.60. The van der Waals surface area contributed by atoms with E-state index in [9.17, 15) is 0 Å². The van der Waals surface area contributed by atoms with Crippen molar-refractivity contribution in [3.05, 3.63) is 0 Å². The van der Waals surface area contributed by atoms with Crippen molar-refractivity contribution in [1.82, 2.24) is 10.2 Å². The zero-order valence-corrected chi connectivity index (χ0v) is 11.4. The summed E-state index contributed by atoms with van der Waals surface area (Å²) >= 11 is 0. The molecular weight excluding hydrogens is 196 g/mol. The molecule has 0 bridgehead atoms. The fraction of sp³-hybridized carbons (Fsp3) is 1.00. The second-order valence-electron chi connectivity index (χ2n) is 6.69. The van der Waals surface area contributed by atoms with Crippen molar-refractivity contribution in [3.8, 4) is 0 Å². The van der Waals surface area contributed by atoms with Crippen molar-refractivity contribution < 1.29 is 0 Å². The van der Waals surface area contributed by atoms with Crippen molar-refractivity contribution in [2.45, 2.75) is 71.0 Å². The number of rotatable bonds is 2. The molecule has 0 aromatic rings. The summed E-state index contributed by atoms with van der Waals surface area (Å²) in [5, 5.41) is 3.70. The molecule has 0 aromatic carbocycles. The topological polar surface area (TPSA) is 15.3 Å². The fourth-order valence-electron chi connectivity index (χ4n) is 3.38. The van der Waals surface area contributed by atoms with Crippen LogP contribution in [0.2, 0.25) is 0 Å². The standard InChI is InChI=1S/C14H28N2/c1-11(2)13-9-15-14(3,4)10-16(13)12-7-5-6-8-12/h11-13,15H,5-10H2,1-4H3. The monoisotopic (exact) mass is 224 g/mol. The van der Waals surface area contributed by atoms with Crippen LogP contribution in [-0.2, 0) is 0 Å². The van der Waals surface area contributed by atoms with Gasteiger partial charge in [0.05, 0.1) is 0 Å². The number of nitrogens with zero attached hydrogens (tertiary/aromatic N) is 1. The Hall–Kier alpha value is -0.0800. The number of hydrogen-bond donors (Lipinski definition) is 1. The van der Waals surface area contributed by atoms with Crippen LogP contribution < -0.4 is 5.32 Å². The average Bonchev–Trinajstić information content (AvgIpc) is 2.68. The van der Waals surface area contributed by atoms with E-state index in [4.69, 9.17) is 0 Å². The number of nitrogens with one attached hydrogen (secondary N) is 1. The Kier molecular flexibility index (Phi) is 3.60. The van der Waals surface area contributed by atoms with Gasteiger partial charge in [-0.1, -0.05) is 26.7 Å². The molecule has 1 aliphatic heterocycles.